The Labute approximate surface area is 107 Å². The van der Waals surface area contributed by atoms with Crippen molar-refractivity contribution in [3.05, 3.63) is 46.2 Å². The molecule has 2 rings (SSSR count). The van der Waals surface area contributed by atoms with Gasteiger partial charge in [0.25, 0.3) is 0 Å². The van der Waals surface area contributed by atoms with Gasteiger partial charge in [0.05, 0.1) is 5.02 Å². The highest BCUT2D eigenvalue weighted by Gasteiger charge is 2.08. The third-order valence-electron chi connectivity index (χ3n) is 2.59. The van der Waals surface area contributed by atoms with E-state index in [4.69, 9.17) is 11.6 Å². The smallest absolute Gasteiger partial charge is 0.132 e. The first-order valence-electron chi connectivity index (χ1n) is 5.86. The van der Waals surface area contributed by atoms with Gasteiger partial charge in [-0.3, -0.25) is 0 Å². The Morgan fingerprint density at radius 1 is 1.18 bits per heavy atom. The summed E-state index contributed by atoms with van der Waals surface area (Å²) < 4.78 is 13.6. The van der Waals surface area contributed by atoms with Crippen LogP contribution in [0.4, 0.5) is 4.39 Å². The lowest BCUT2D eigenvalue weighted by Crippen LogP contribution is -1.88. The molecule has 0 aliphatic rings. The lowest BCUT2D eigenvalue weighted by atomic mass is 10.0. The van der Waals surface area contributed by atoms with Crippen molar-refractivity contribution in [1.82, 2.24) is 0 Å². The van der Waals surface area contributed by atoms with E-state index in [1.54, 1.807) is 6.07 Å². The van der Waals surface area contributed by atoms with Crippen molar-refractivity contribution in [1.29, 1.82) is 0 Å². The predicted octanol–water partition coefficient (Wildman–Crippen LogP) is 5.67. The molecule has 2 aromatic rings. The highest BCUT2D eigenvalue weighted by molar-refractivity contribution is 6.35. The number of fused-ring (bicyclic) bond motifs is 1. The number of hydrogen-bond acceptors (Lipinski definition) is 0. The standard InChI is InChI=1S/C12H10ClF.C3H8/c1-7-6-11(14)12-9(8(7)2)4-3-5-10(12)13;1-3-2/h3-6H,1-2H3;3H2,1-2H3. The minimum atomic E-state index is -0.242. The Bertz CT molecular complexity index is 518. The molecule has 92 valence electrons. The summed E-state index contributed by atoms with van der Waals surface area (Å²) in [6, 6.07) is 6.98. The molecule has 0 amide bonds. The Kier molecular flexibility index (Phi) is 4.95. The summed E-state index contributed by atoms with van der Waals surface area (Å²) in [4.78, 5) is 0. The number of aryl methyl sites for hydroxylation is 2. The first-order chi connectivity index (χ1) is 8.02. The van der Waals surface area contributed by atoms with E-state index >= 15 is 0 Å². The van der Waals surface area contributed by atoms with E-state index < -0.39 is 0 Å². The number of benzene rings is 2. The number of halogens is 2. The normalized spacial score (nSPS) is 10.0. The van der Waals surface area contributed by atoms with Gasteiger partial charge in [0.2, 0.25) is 0 Å². The van der Waals surface area contributed by atoms with Crippen LogP contribution in [-0.4, -0.2) is 0 Å². The minimum Gasteiger partial charge on any atom is -0.206 e. The van der Waals surface area contributed by atoms with Crippen LogP contribution in [0.25, 0.3) is 10.8 Å². The van der Waals surface area contributed by atoms with Crippen LogP contribution in [0.3, 0.4) is 0 Å². The average Bonchev–Trinajstić information content (AvgIpc) is 2.26. The van der Waals surface area contributed by atoms with Crippen molar-refractivity contribution in [2.45, 2.75) is 34.1 Å². The third-order valence-corrected chi connectivity index (χ3v) is 2.91. The van der Waals surface area contributed by atoms with E-state index in [9.17, 15) is 4.39 Å². The summed E-state index contributed by atoms with van der Waals surface area (Å²) in [5.41, 5.74) is 2.04. The molecule has 0 bridgehead atoms. The van der Waals surface area contributed by atoms with Crippen molar-refractivity contribution in [3.63, 3.8) is 0 Å². The zero-order valence-electron chi connectivity index (χ0n) is 10.8. The van der Waals surface area contributed by atoms with Gasteiger partial charge in [0.1, 0.15) is 5.82 Å². The fraction of sp³-hybridized carbons (Fsp3) is 0.333. The van der Waals surface area contributed by atoms with Crippen LogP contribution in [0.15, 0.2) is 24.3 Å². The van der Waals surface area contributed by atoms with E-state index in [1.807, 2.05) is 26.0 Å². The molecule has 0 nitrogen and oxygen atoms in total. The summed E-state index contributed by atoms with van der Waals surface area (Å²) in [6.07, 6.45) is 1.25. The molecule has 0 atom stereocenters. The Hall–Kier alpha value is -1.08. The molecule has 0 saturated heterocycles. The monoisotopic (exact) mass is 252 g/mol. The largest absolute Gasteiger partial charge is 0.206 e. The van der Waals surface area contributed by atoms with Crippen molar-refractivity contribution in [2.24, 2.45) is 0 Å². The maximum absolute atomic E-state index is 13.6. The van der Waals surface area contributed by atoms with E-state index in [0.717, 1.165) is 16.5 Å². The SMILES string of the molecule is CCC.Cc1cc(F)c2c(Cl)cccc2c1C. The molecule has 0 fully saturated rings. The van der Waals surface area contributed by atoms with Crippen LogP contribution in [0.1, 0.15) is 31.4 Å². The molecule has 17 heavy (non-hydrogen) atoms. The van der Waals surface area contributed by atoms with Gasteiger partial charge in [0.15, 0.2) is 0 Å². The molecule has 0 unspecified atom stereocenters. The van der Waals surface area contributed by atoms with Crippen molar-refractivity contribution >= 4 is 22.4 Å². The lowest BCUT2D eigenvalue weighted by Gasteiger charge is -2.08. The van der Waals surface area contributed by atoms with Gasteiger partial charge >= 0.3 is 0 Å². The van der Waals surface area contributed by atoms with Gasteiger partial charge in [-0.2, -0.15) is 0 Å². The molecule has 0 heterocycles. The highest BCUT2D eigenvalue weighted by atomic mass is 35.5. The Balaban J connectivity index is 0.000000437. The highest BCUT2D eigenvalue weighted by Crippen LogP contribution is 2.30. The quantitative estimate of drug-likeness (QED) is 0.567. The summed E-state index contributed by atoms with van der Waals surface area (Å²) in [5.74, 6) is -0.242. The average molecular weight is 253 g/mol. The summed E-state index contributed by atoms with van der Waals surface area (Å²) in [5, 5.41) is 1.90. The van der Waals surface area contributed by atoms with E-state index in [1.165, 1.54) is 12.5 Å². The fourth-order valence-corrected chi connectivity index (χ4v) is 1.93. The summed E-state index contributed by atoms with van der Waals surface area (Å²) >= 11 is 5.95. The minimum absolute atomic E-state index is 0.242. The topological polar surface area (TPSA) is 0 Å². The van der Waals surface area contributed by atoms with Crippen molar-refractivity contribution in [3.8, 4) is 0 Å². The first-order valence-corrected chi connectivity index (χ1v) is 6.24. The molecule has 0 radical (unpaired) electrons. The van der Waals surface area contributed by atoms with Gasteiger partial charge in [-0.25, -0.2) is 4.39 Å². The molecule has 0 aliphatic carbocycles. The van der Waals surface area contributed by atoms with E-state index in [-0.39, 0.29) is 5.82 Å². The van der Waals surface area contributed by atoms with Gasteiger partial charge in [-0.1, -0.05) is 44.0 Å². The van der Waals surface area contributed by atoms with Gasteiger partial charge in [0, 0.05) is 5.39 Å². The zero-order chi connectivity index (χ0) is 13.0. The van der Waals surface area contributed by atoms with Crippen LogP contribution >= 0.6 is 11.6 Å². The number of rotatable bonds is 0. The second-order valence-corrected chi connectivity index (χ2v) is 4.58. The molecule has 0 aromatic heterocycles. The fourth-order valence-electron chi connectivity index (χ4n) is 1.66. The maximum Gasteiger partial charge on any atom is 0.132 e. The van der Waals surface area contributed by atoms with Crippen molar-refractivity contribution < 1.29 is 4.39 Å². The molecule has 0 aliphatic heterocycles. The van der Waals surface area contributed by atoms with Crippen LogP contribution in [-0.2, 0) is 0 Å². The van der Waals surface area contributed by atoms with Gasteiger partial charge in [-0.15, -0.1) is 0 Å². The van der Waals surface area contributed by atoms with Crippen LogP contribution in [0, 0.1) is 19.7 Å². The molecule has 2 aromatic carbocycles. The summed E-state index contributed by atoms with van der Waals surface area (Å²) in [6.45, 7) is 8.13. The van der Waals surface area contributed by atoms with E-state index in [2.05, 4.69) is 13.8 Å². The number of hydrogen-bond donors (Lipinski definition) is 0. The van der Waals surface area contributed by atoms with E-state index in [0.29, 0.717) is 10.4 Å². The van der Waals surface area contributed by atoms with Crippen LogP contribution < -0.4 is 0 Å². The van der Waals surface area contributed by atoms with Gasteiger partial charge < -0.3 is 0 Å². The Morgan fingerprint density at radius 3 is 2.35 bits per heavy atom. The van der Waals surface area contributed by atoms with Gasteiger partial charge in [-0.05, 0) is 42.5 Å². The molecular weight excluding hydrogens is 235 g/mol. The van der Waals surface area contributed by atoms with Crippen molar-refractivity contribution in [2.75, 3.05) is 0 Å². The molecule has 0 N–H and O–H groups in total. The second kappa shape index (κ2) is 6.02. The second-order valence-electron chi connectivity index (χ2n) is 4.17. The van der Waals surface area contributed by atoms with Crippen LogP contribution in [0.5, 0.6) is 0 Å². The molecular formula is C15H18ClF. The lowest BCUT2D eigenvalue weighted by molar-refractivity contribution is 0.638. The zero-order valence-corrected chi connectivity index (χ0v) is 11.5. The molecule has 0 spiro atoms. The first kappa shape index (κ1) is 14.0. The summed E-state index contributed by atoms with van der Waals surface area (Å²) in [7, 11) is 0. The predicted molar refractivity (Wildman–Crippen MR) is 74.4 cm³/mol. The molecule has 0 saturated carbocycles. The molecule has 2 heteroatoms. The third kappa shape index (κ3) is 2.98. The Morgan fingerprint density at radius 2 is 1.76 bits per heavy atom. The maximum atomic E-state index is 13.6. The van der Waals surface area contributed by atoms with Crippen LogP contribution in [0.2, 0.25) is 5.02 Å².